The molecule has 0 aliphatic carbocycles. The summed E-state index contributed by atoms with van der Waals surface area (Å²) in [6.07, 6.45) is 3.51. The summed E-state index contributed by atoms with van der Waals surface area (Å²) in [6, 6.07) is 5.57. The first-order valence-corrected chi connectivity index (χ1v) is 4.51. The first-order valence-electron chi connectivity index (χ1n) is 4.13. The average molecular weight is 208 g/mol. The Bertz CT molecular complexity index is 424. The second kappa shape index (κ2) is 3.75. The van der Waals surface area contributed by atoms with Crippen LogP contribution < -0.4 is 0 Å². The lowest BCUT2D eigenvalue weighted by Gasteiger charge is -2.05. The molecule has 0 aliphatic rings. The van der Waals surface area contributed by atoms with Gasteiger partial charge in [-0.15, -0.1) is 5.10 Å². The monoisotopic (exact) mass is 207 g/mol. The third-order valence-electron chi connectivity index (χ3n) is 1.90. The number of hydrogen-bond donors (Lipinski definition) is 0. The molecular formula is C9H8ClN4. The number of halogens is 1. The maximum Gasteiger partial charge on any atom is 0.143 e. The minimum absolute atomic E-state index is 0.704. The Kier molecular flexibility index (Phi) is 2.45. The van der Waals surface area contributed by atoms with Gasteiger partial charge >= 0.3 is 0 Å². The van der Waals surface area contributed by atoms with Gasteiger partial charge in [0.05, 0.1) is 5.69 Å². The summed E-state index contributed by atoms with van der Waals surface area (Å²) in [5, 5.41) is 11.7. The topological polar surface area (TPSA) is 43.6 Å². The van der Waals surface area contributed by atoms with Crippen LogP contribution in [0.2, 0.25) is 5.02 Å². The van der Waals surface area contributed by atoms with Gasteiger partial charge in [0.1, 0.15) is 6.33 Å². The van der Waals surface area contributed by atoms with Crippen molar-refractivity contribution in [1.29, 1.82) is 0 Å². The highest BCUT2D eigenvalue weighted by Gasteiger charge is 2.04. The fourth-order valence-electron chi connectivity index (χ4n) is 1.24. The molecule has 0 amide bonds. The van der Waals surface area contributed by atoms with Crippen LogP contribution in [0.1, 0.15) is 12.5 Å². The van der Waals surface area contributed by atoms with Crippen LogP contribution in [0.15, 0.2) is 24.5 Å². The summed E-state index contributed by atoms with van der Waals surface area (Å²) in [4.78, 5) is 0. The van der Waals surface area contributed by atoms with E-state index in [1.807, 2.05) is 31.5 Å². The van der Waals surface area contributed by atoms with Crippen molar-refractivity contribution < 1.29 is 0 Å². The van der Waals surface area contributed by atoms with Crippen molar-refractivity contribution >= 4 is 11.6 Å². The van der Waals surface area contributed by atoms with E-state index in [9.17, 15) is 0 Å². The second-order valence-electron chi connectivity index (χ2n) is 2.75. The van der Waals surface area contributed by atoms with Crippen molar-refractivity contribution in [1.82, 2.24) is 20.2 Å². The zero-order valence-corrected chi connectivity index (χ0v) is 8.31. The van der Waals surface area contributed by atoms with Crippen LogP contribution in [0, 0.1) is 6.42 Å². The number of benzene rings is 1. The van der Waals surface area contributed by atoms with Crippen LogP contribution in [0.5, 0.6) is 0 Å². The van der Waals surface area contributed by atoms with Gasteiger partial charge in [0.2, 0.25) is 0 Å². The van der Waals surface area contributed by atoms with Crippen LogP contribution >= 0.6 is 11.6 Å². The molecule has 0 aliphatic heterocycles. The molecule has 71 valence electrons. The number of aromatic nitrogens is 4. The van der Waals surface area contributed by atoms with E-state index in [-0.39, 0.29) is 0 Å². The molecule has 5 heteroatoms. The van der Waals surface area contributed by atoms with Crippen molar-refractivity contribution in [3.63, 3.8) is 0 Å². The van der Waals surface area contributed by atoms with E-state index < -0.39 is 0 Å². The van der Waals surface area contributed by atoms with Crippen molar-refractivity contribution in [3.8, 4) is 5.69 Å². The zero-order chi connectivity index (χ0) is 9.97. The predicted octanol–water partition coefficient (Wildman–Crippen LogP) is 1.89. The van der Waals surface area contributed by atoms with Crippen LogP contribution in [0.3, 0.4) is 0 Å². The Balaban J connectivity index is 2.53. The molecule has 14 heavy (non-hydrogen) atoms. The molecule has 1 radical (unpaired) electrons. The predicted molar refractivity (Wildman–Crippen MR) is 53.2 cm³/mol. The molecule has 4 nitrogen and oxygen atoms in total. The molecule has 1 aromatic heterocycles. The van der Waals surface area contributed by atoms with Gasteiger partial charge in [-0.05, 0) is 40.6 Å². The molecule has 0 fully saturated rings. The molecule has 0 saturated carbocycles. The summed E-state index contributed by atoms with van der Waals surface area (Å²) in [6.45, 7) is 1.94. The van der Waals surface area contributed by atoms with E-state index in [2.05, 4.69) is 15.5 Å². The summed E-state index contributed by atoms with van der Waals surface area (Å²) < 4.78 is 1.60. The molecule has 2 rings (SSSR count). The first kappa shape index (κ1) is 9.15. The highest BCUT2D eigenvalue weighted by Crippen LogP contribution is 2.19. The molecule has 1 heterocycles. The Morgan fingerprint density at radius 3 is 2.93 bits per heavy atom. The fourth-order valence-corrected chi connectivity index (χ4v) is 1.42. The van der Waals surface area contributed by atoms with E-state index >= 15 is 0 Å². The smallest absolute Gasteiger partial charge is 0.143 e. The van der Waals surface area contributed by atoms with Crippen LogP contribution in [-0.4, -0.2) is 20.2 Å². The van der Waals surface area contributed by atoms with E-state index in [1.165, 1.54) is 0 Å². The van der Waals surface area contributed by atoms with Crippen molar-refractivity contribution in [2.24, 2.45) is 0 Å². The lowest BCUT2D eigenvalue weighted by Crippen LogP contribution is -1.99. The molecule has 2 aromatic rings. The molecular weight excluding hydrogens is 200 g/mol. The molecule has 0 unspecified atom stereocenters. The Hall–Kier alpha value is -1.42. The zero-order valence-electron chi connectivity index (χ0n) is 7.55. The van der Waals surface area contributed by atoms with Gasteiger partial charge in [-0.2, -0.15) is 0 Å². The largest absolute Gasteiger partial charge is 0.200 e. The first-order chi connectivity index (χ1) is 6.81. The van der Waals surface area contributed by atoms with Gasteiger partial charge in [-0.3, -0.25) is 0 Å². The lowest BCUT2D eigenvalue weighted by molar-refractivity contribution is 0.786. The average Bonchev–Trinajstić information content (AvgIpc) is 2.70. The Labute approximate surface area is 86.5 Å². The van der Waals surface area contributed by atoms with Gasteiger partial charge in [0, 0.05) is 5.02 Å². The Morgan fingerprint density at radius 1 is 1.43 bits per heavy atom. The highest BCUT2D eigenvalue weighted by atomic mass is 35.5. The molecule has 0 saturated heterocycles. The molecule has 0 N–H and O–H groups in total. The highest BCUT2D eigenvalue weighted by molar-refractivity contribution is 6.30. The molecule has 1 aromatic carbocycles. The number of rotatable bonds is 2. The maximum absolute atomic E-state index is 5.88. The van der Waals surface area contributed by atoms with Gasteiger partial charge in [0.15, 0.2) is 0 Å². The molecule has 0 atom stereocenters. The van der Waals surface area contributed by atoms with Crippen LogP contribution in [0.25, 0.3) is 5.69 Å². The fraction of sp³-hybridized carbons (Fsp3) is 0.111. The van der Waals surface area contributed by atoms with Gasteiger partial charge in [-0.25, -0.2) is 4.68 Å². The molecule has 0 bridgehead atoms. The van der Waals surface area contributed by atoms with Crippen LogP contribution in [-0.2, 0) is 0 Å². The number of tetrazole rings is 1. The van der Waals surface area contributed by atoms with Crippen molar-refractivity contribution in [3.05, 3.63) is 41.5 Å². The summed E-state index contributed by atoms with van der Waals surface area (Å²) in [7, 11) is 0. The Morgan fingerprint density at radius 2 is 2.29 bits per heavy atom. The van der Waals surface area contributed by atoms with Gasteiger partial charge < -0.3 is 0 Å². The van der Waals surface area contributed by atoms with Crippen molar-refractivity contribution in [2.45, 2.75) is 6.92 Å². The summed E-state index contributed by atoms with van der Waals surface area (Å²) >= 11 is 5.88. The lowest BCUT2D eigenvalue weighted by atomic mass is 10.1. The standard InChI is InChI=1S/C9H8ClN4/c1-2-7-5-8(10)3-4-9(7)14-6-11-12-13-14/h2-6H,1H3. The van der Waals surface area contributed by atoms with Crippen molar-refractivity contribution in [2.75, 3.05) is 0 Å². The normalized spacial score (nSPS) is 10.4. The maximum atomic E-state index is 5.88. The third-order valence-corrected chi connectivity index (χ3v) is 2.13. The second-order valence-corrected chi connectivity index (χ2v) is 3.18. The van der Waals surface area contributed by atoms with Gasteiger partial charge in [-0.1, -0.05) is 18.5 Å². The minimum Gasteiger partial charge on any atom is -0.200 e. The van der Waals surface area contributed by atoms with Gasteiger partial charge in [0.25, 0.3) is 0 Å². The third kappa shape index (κ3) is 1.61. The summed E-state index contributed by atoms with van der Waals surface area (Å²) in [5.74, 6) is 0. The molecule has 0 spiro atoms. The van der Waals surface area contributed by atoms with E-state index in [0.717, 1.165) is 11.3 Å². The number of nitrogens with zero attached hydrogens (tertiary/aromatic N) is 4. The van der Waals surface area contributed by atoms with E-state index in [1.54, 1.807) is 11.0 Å². The van der Waals surface area contributed by atoms with E-state index in [4.69, 9.17) is 11.6 Å². The van der Waals surface area contributed by atoms with Crippen LogP contribution in [0.4, 0.5) is 0 Å². The summed E-state index contributed by atoms with van der Waals surface area (Å²) in [5.41, 5.74) is 1.92. The number of hydrogen-bond acceptors (Lipinski definition) is 3. The van der Waals surface area contributed by atoms with E-state index in [0.29, 0.717) is 5.02 Å². The SMILES string of the molecule is C[CH]c1cc(Cl)ccc1-n1cnnn1. The quantitative estimate of drug-likeness (QED) is 0.756. The minimum atomic E-state index is 0.704.